The summed E-state index contributed by atoms with van der Waals surface area (Å²) in [6, 6.07) is -0.115. The van der Waals surface area contributed by atoms with Crippen LogP contribution in [0.3, 0.4) is 0 Å². The Morgan fingerprint density at radius 1 is 1.02 bits per heavy atom. The predicted molar refractivity (Wildman–Crippen MR) is 184 cm³/mol. The maximum absolute atomic E-state index is 14.6. The number of aromatic nitrogens is 5. The number of H-pyrrole nitrogens is 1. The van der Waals surface area contributed by atoms with E-state index in [4.69, 9.17) is 4.74 Å². The number of hydrogen-bond donors (Lipinski definition) is 6. The van der Waals surface area contributed by atoms with E-state index in [1.165, 1.54) is 47.6 Å². The van der Waals surface area contributed by atoms with Crippen molar-refractivity contribution in [3.8, 4) is 0 Å². The second-order valence-electron chi connectivity index (χ2n) is 13.5. The van der Waals surface area contributed by atoms with E-state index < -0.39 is 90.4 Å². The van der Waals surface area contributed by atoms with E-state index in [1.807, 2.05) is 0 Å². The number of rotatable bonds is 12. The normalized spacial score (nSPS) is 24.3. The zero-order valence-electron chi connectivity index (χ0n) is 29.5. The number of aromatic amines is 1. The number of halogens is 2. The van der Waals surface area contributed by atoms with E-state index in [9.17, 15) is 47.8 Å². The maximum atomic E-state index is 14.6. The van der Waals surface area contributed by atoms with Crippen molar-refractivity contribution < 1.29 is 47.7 Å². The van der Waals surface area contributed by atoms with Gasteiger partial charge in [0.2, 0.25) is 29.9 Å². The molecule has 3 fully saturated rings. The Morgan fingerprint density at radius 2 is 1.69 bits per heavy atom. The van der Waals surface area contributed by atoms with Gasteiger partial charge in [-0.05, 0) is 50.8 Å². The van der Waals surface area contributed by atoms with Gasteiger partial charge in [0, 0.05) is 49.9 Å². The minimum atomic E-state index is -3.93. The number of carbonyl (C=O) groups excluding carboxylic acids is 5. The number of alkyl halides is 2. The van der Waals surface area contributed by atoms with Gasteiger partial charge in [0.05, 0.1) is 18.6 Å². The molecule has 3 aromatic heterocycles. The number of ether oxygens (including phenoxy) is 1. The summed E-state index contributed by atoms with van der Waals surface area (Å²) in [6.45, 7) is 0.987. The third kappa shape index (κ3) is 8.22. The molecule has 3 aliphatic heterocycles. The van der Waals surface area contributed by atoms with Crippen LogP contribution in [0.4, 0.5) is 14.6 Å². The number of anilines is 1. The first-order valence-corrected chi connectivity index (χ1v) is 17.6. The number of likely N-dealkylation sites (tertiary alicyclic amines) is 2. The van der Waals surface area contributed by atoms with Crippen molar-refractivity contribution in [2.24, 2.45) is 0 Å². The molecule has 7 atom stereocenters. The summed E-state index contributed by atoms with van der Waals surface area (Å²) in [4.78, 5) is 97.4. The summed E-state index contributed by atoms with van der Waals surface area (Å²) in [5.74, 6) is -7.14. The van der Waals surface area contributed by atoms with E-state index in [2.05, 4.69) is 35.9 Å². The van der Waals surface area contributed by atoms with Gasteiger partial charge in [-0.2, -0.15) is 13.8 Å². The fourth-order valence-electron chi connectivity index (χ4n) is 6.97. The molecule has 6 N–H and O–H groups in total. The van der Waals surface area contributed by atoms with Crippen LogP contribution in [0.25, 0.3) is 0 Å². The van der Waals surface area contributed by atoms with Crippen molar-refractivity contribution in [3.05, 3.63) is 71.1 Å². The van der Waals surface area contributed by atoms with Crippen LogP contribution in [0.2, 0.25) is 0 Å². The van der Waals surface area contributed by atoms with Crippen molar-refractivity contribution in [3.63, 3.8) is 0 Å². The monoisotopic (exact) mass is 770 g/mol. The first-order valence-electron chi connectivity index (χ1n) is 17.6. The fraction of sp³-hybridized carbons (Fsp3) is 0.500. The molecule has 6 heterocycles. The first kappa shape index (κ1) is 39.0. The molecule has 0 aromatic carbocycles. The van der Waals surface area contributed by atoms with E-state index in [1.54, 1.807) is 6.20 Å². The average molecular weight is 771 g/mol. The molecule has 294 valence electrons. The van der Waals surface area contributed by atoms with E-state index in [-0.39, 0.29) is 31.7 Å². The van der Waals surface area contributed by atoms with Gasteiger partial charge >= 0.3 is 11.6 Å². The highest BCUT2D eigenvalue weighted by Gasteiger charge is 2.59. The molecule has 5 amide bonds. The smallest absolute Gasteiger partial charge is 0.351 e. The molecule has 55 heavy (non-hydrogen) atoms. The summed E-state index contributed by atoms with van der Waals surface area (Å²) in [6.07, 6.45) is 1.85. The summed E-state index contributed by atoms with van der Waals surface area (Å²) in [5.41, 5.74) is -0.493. The van der Waals surface area contributed by atoms with Crippen LogP contribution in [0.5, 0.6) is 0 Å². The molecule has 0 saturated carbocycles. The lowest BCUT2D eigenvalue weighted by Crippen LogP contribution is -2.57. The number of imidazole rings is 1. The number of carbonyl (C=O) groups is 5. The van der Waals surface area contributed by atoms with Gasteiger partial charge in [0.25, 0.3) is 5.91 Å². The van der Waals surface area contributed by atoms with Crippen molar-refractivity contribution in [1.29, 1.82) is 0 Å². The summed E-state index contributed by atoms with van der Waals surface area (Å²) < 4.78 is 34.7. The Hall–Kier alpha value is -5.67. The summed E-state index contributed by atoms with van der Waals surface area (Å²) in [5, 5.41) is 26.9. The Bertz CT molecular complexity index is 1950. The van der Waals surface area contributed by atoms with E-state index in [0.29, 0.717) is 35.1 Å². The highest BCUT2D eigenvalue weighted by atomic mass is 19.3. The summed E-state index contributed by atoms with van der Waals surface area (Å²) in [7, 11) is 0. The van der Waals surface area contributed by atoms with Gasteiger partial charge in [0.1, 0.15) is 36.1 Å². The zero-order valence-corrected chi connectivity index (χ0v) is 29.5. The van der Waals surface area contributed by atoms with Gasteiger partial charge in [-0.1, -0.05) is 0 Å². The Morgan fingerprint density at radius 3 is 2.31 bits per heavy atom. The molecular formula is C34H40F2N10O9. The molecule has 3 aromatic rings. The minimum absolute atomic E-state index is 0.0581. The van der Waals surface area contributed by atoms with Crippen LogP contribution in [0.15, 0.2) is 54.1 Å². The summed E-state index contributed by atoms with van der Waals surface area (Å²) >= 11 is 0. The predicted octanol–water partition coefficient (Wildman–Crippen LogP) is -1.29. The van der Waals surface area contributed by atoms with E-state index in [0.717, 1.165) is 12.3 Å². The van der Waals surface area contributed by atoms with Gasteiger partial charge in [0.15, 0.2) is 6.10 Å². The lowest BCUT2D eigenvalue weighted by atomic mass is 10.1. The molecule has 0 aliphatic carbocycles. The Labute approximate surface area is 311 Å². The molecule has 3 unspecified atom stereocenters. The lowest BCUT2D eigenvalue weighted by molar-refractivity contribution is -0.143. The quantitative estimate of drug-likeness (QED) is 0.126. The fourth-order valence-corrected chi connectivity index (χ4v) is 6.97. The van der Waals surface area contributed by atoms with Crippen LogP contribution < -0.4 is 21.6 Å². The van der Waals surface area contributed by atoms with Crippen molar-refractivity contribution in [2.45, 2.75) is 87.6 Å². The number of nitrogens with one attached hydrogen (secondary N) is 4. The standard InChI is InChI=1S/C34H40F2N10O9/c1-18(40-27(49)19-6-9-37-10-7-19)30(52)44-11-2-4-22(44)28(50)41-21(14-20-15-38-17-39-20)31(53)45-12-3-5-23(45)29(51)42-25-8-13-46(33(54)43-25)32-34(35,36)26(48)24(16-47)55-32/h6-10,13,15,17-18,21-24,26,32,47-48H,2-5,11-12,14,16H2,1H3,(H,38,39)(H,40,49)(H,41,50)(H,42,43,51,54)/t18-,21+,22+,23+,24?,26?,32?/m1/s1. The highest BCUT2D eigenvalue weighted by Crippen LogP contribution is 2.42. The SMILES string of the molecule is C[C@@H](NC(=O)c1ccncc1)C(=O)N1CCC[C@H]1C(=O)N[C@@H](Cc1c[nH]cn1)C(=O)N1CCC[C@H]1C(=O)Nc1ccn(C2OC(CO)C(O)C2(F)F)c(=O)n1. The van der Waals surface area contributed by atoms with E-state index >= 15 is 0 Å². The van der Waals surface area contributed by atoms with Crippen LogP contribution >= 0.6 is 0 Å². The number of hydrogen-bond acceptors (Lipinski definition) is 12. The Balaban J connectivity index is 1.13. The number of nitrogens with zero attached hydrogens (tertiary/aromatic N) is 6. The molecule has 3 aliphatic rings. The van der Waals surface area contributed by atoms with Crippen LogP contribution in [0.1, 0.15) is 54.9 Å². The van der Waals surface area contributed by atoms with Gasteiger partial charge in [-0.15, -0.1) is 0 Å². The average Bonchev–Trinajstić information content (AvgIpc) is 4.00. The first-order chi connectivity index (χ1) is 26.3. The van der Waals surface area contributed by atoms with Crippen LogP contribution in [0, 0.1) is 0 Å². The minimum Gasteiger partial charge on any atom is -0.394 e. The Kier molecular flexibility index (Phi) is 11.6. The molecule has 21 heteroatoms. The van der Waals surface area contributed by atoms with Gasteiger partial charge in [-0.3, -0.25) is 33.5 Å². The third-order valence-electron chi connectivity index (χ3n) is 9.81. The van der Waals surface area contributed by atoms with Gasteiger partial charge in [-0.25, -0.2) is 9.78 Å². The van der Waals surface area contributed by atoms with Gasteiger partial charge < -0.3 is 45.7 Å². The number of aliphatic hydroxyl groups is 2. The number of aliphatic hydroxyl groups excluding tert-OH is 2. The second kappa shape index (κ2) is 16.4. The zero-order chi connectivity index (χ0) is 39.4. The molecule has 0 bridgehead atoms. The molecule has 0 spiro atoms. The highest BCUT2D eigenvalue weighted by molar-refractivity contribution is 6.00. The third-order valence-corrected chi connectivity index (χ3v) is 9.81. The van der Waals surface area contributed by atoms with Crippen molar-refractivity contribution >= 4 is 35.4 Å². The van der Waals surface area contributed by atoms with Crippen LogP contribution in [-0.4, -0.2) is 136 Å². The lowest BCUT2D eigenvalue weighted by Gasteiger charge is -2.31. The largest absolute Gasteiger partial charge is 0.394 e. The maximum Gasteiger partial charge on any atom is 0.351 e. The molecule has 19 nitrogen and oxygen atoms in total. The second-order valence-corrected chi connectivity index (χ2v) is 13.5. The molecule has 6 rings (SSSR count). The molecule has 3 saturated heterocycles. The topological polar surface area (TPSA) is 254 Å². The van der Waals surface area contributed by atoms with Crippen molar-refractivity contribution in [1.82, 2.24) is 44.9 Å². The van der Waals surface area contributed by atoms with Crippen molar-refractivity contribution in [2.75, 3.05) is 25.0 Å². The number of pyridine rings is 1. The number of amides is 5. The molecular weight excluding hydrogens is 730 g/mol. The molecule has 0 radical (unpaired) electrons. The van der Waals surface area contributed by atoms with Crippen LogP contribution in [-0.2, 0) is 30.3 Å².